The first-order valence-corrected chi connectivity index (χ1v) is 14.2. The molecule has 1 heterocycles. The minimum atomic E-state index is -0.909. The molecule has 3 N–H and O–H groups in total. The molecule has 8 heteroatoms. The Labute approximate surface area is 231 Å². The standard InChI is InChI=1S/C31H43N3O5/c1-6-8-11-20(4)26-18-27(35)33-25(17-22-14-15-23-12-9-10-13-24(23)16-22)30(37)32-21(5)29(36)34-28(19(3)7-2)31(38)39-26/h9-10,12-16,19-21,25-26,28H,6-8,11,17-18H2,1-5H3,(H,32,37)(H,33,35)(H,34,36)/t19-,20+,21+,25+,26+,28-/m1/s1. The van der Waals surface area contributed by atoms with E-state index < -0.39 is 42.0 Å². The molecule has 0 bridgehead atoms. The lowest BCUT2D eigenvalue weighted by Gasteiger charge is -2.29. The summed E-state index contributed by atoms with van der Waals surface area (Å²) in [5.74, 6) is -2.11. The number of ether oxygens (including phenoxy) is 1. The molecule has 212 valence electrons. The van der Waals surface area contributed by atoms with E-state index in [0.29, 0.717) is 6.42 Å². The maximum absolute atomic E-state index is 13.4. The fraction of sp³-hybridized carbons (Fsp3) is 0.548. The molecule has 0 saturated carbocycles. The summed E-state index contributed by atoms with van der Waals surface area (Å²) < 4.78 is 5.92. The molecule has 3 amide bonds. The highest BCUT2D eigenvalue weighted by Crippen LogP contribution is 2.22. The lowest BCUT2D eigenvalue weighted by Crippen LogP contribution is -2.55. The van der Waals surface area contributed by atoms with Gasteiger partial charge in [0.15, 0.2) is 0 Å². The molecule has 2 aromatic carbocycles. The summed E-state index contributed by atoms with van der Waals surface area (Å²) in [6.45, 7) is 9.42. The fourth-order valence-electron chi connectivity index (χ4n) is 4.87. The quantitative estimate of drug-likeness (QED) is 0.440. The smallest absolute Gasteiger partial charge is 0.329 e. The van der Waals surface area contributed by atoms with Gasteiger partial charge in [0.05, 0.1) is 6.42 Å². The molecule has 2 aromatic rings. The summed E-state index contributed by atoms with van der Waals surface area (Å²) >= 11 is 0. The number of hydrogen-bond donors (Lipinski definition) is 3. The van der Waals surface area contributed by atoms with Crippen LogP contribution in [0.15, 0.2) is 42.5 Å². The molecule has 0 spiro atoms. The van der Waals surface area contributed by atoms with E-state index in [2.05, 4.69) is 22.9 Å². The zero-order valence-corrected chi connectivity index (χ0v) is 23.8. The second kappa shape index (κ2) is 14.1. The van der Waals surface area contributed by atoms with Crippen LogP contribution in [0.1, 0.15) is 72.3 Å². The van der Waals surface area contributed by atoms with E-state index in [1.807, 2.05) is 63.2 Å². The van der Waals surface area contributed by atoms with Crippen LogP contribution in [0.5, 0.6) is 0 Å². The molecule has 0 radical (unpaired) electrons. The van der Waals surface area contributed by atoms with Gasteiger partial charge in [-0.2, -0.15) is 0 Å². The van der Waals surface area contributed by atoms with Crippen LogP contribution in [0.3, 0.4) is 0 Å². The zero-order chi connectivity index (χ0) is 28.5. The summed E-state index contributed by atoms with van der Waals surface area (Å²) in [7, 11) is 0. The van der Waals surface area contributed by atoms with Crippen LogP contribution >= 0.6 is 0 Å². The van der Waals surface area contributed by atoms with E-state index in [1.165, 1.54) is 0 Å². The first-order chi connectivity index (χ1) is 18.6. The van der Waals surface area contributed by atoms with Gasteiger partial charge in [0, 0.05) is 6.42 Å². The molecule has 1 aliphatic rings. The number of carbonyl (C=O) groups excluding carboxylic acids is 4. The minimum absolute atomic E-state index is 0.0607. The van der Waals surface area contributed by atoms with Gasteiger partial charge in [0.2, 0.25) is 17.7 Å². The molecular formula is C31H43N3O5. The normalized spacial score (nSPS) is 24.7. The maximum atomic E-state index is 13.4. The van der Waals surface area contributed by atoms with Crippen molar-refractivity contribution in [2.24, 2.45) is 11.8 Å². The van der Waals surface area contributed by atoms with Crippen LogP contribution in [0.25, 0.3) is 10.8 Å². The van der Waals surface area contributed by atoms with Crippen molar-refractivity contribution in [2.75, 3.05) is 0 Å². The number of fused-ring (bicyclic) bond motifs is 1. The number of carbonyl (C=O) groups is 4. The molecular weight excluding hydrogens is 494 g/mol. The Morgan fingerprint density at radius 3 is 2.31 bits per heavy atom. The van der Waals surface area contributed by atoms with Gasteiger partial charge >= 0.3 is 5.97 Å². The van der Waals surface area contributed by atoms with Crippen LogP contribution in [0.2, 0.25) is 0 Å². The summed E-state index contributed by atoms with van der Waals surface area (Å²) in [6, 6.07) is 11.2. The monoisotopic (exact) mass is 537 g/mol. The molecule has 8 nitrogen and oxygen atoms in total. The SMILES string of the molecule is CCCC[C@H](C)[C@@H]1CC(=O)N[C@@H](Cc2ccc3ccccc3c2)C(=O)N[C@@H](C)C(=O)N[C@H]([C@H](C)CC)C(=O)O1. The van der Waals surface area contributed by atoms with Crippen molar-refractivity contribution in [1.29, 1.82) is 0 Å². The molecule has 3 rings (SSSR count). The Kier molecular flexibility index (Phi) is 10.9. The fourth-order valence-corrected chi connectivity index (χ4v) is 4.87. The van der Waals surface area contributed by atoms with E-state index in [9.17, 15) is 19.2 Å². The third-order valence-electron chi connectivity index (χ3n) is 7.72. The second-order valence-corrected chi connectivity index (χ2v) is 10.9. The lowest BCUT2D eigenvalue weighted by atomic mass is 9.94. The Morgan fingerprint density at radius 2 is 1.62 bits per heavy atom. The van der Waals surface area contributed by atoms with Crippen molar-refractivity contribution >= 4 is 34.5 Å². The maximum Gasteiger partial charge on any atom is 0.329 e. The van der Waals surface area contributed by atoms with E-state index in [1.54, 1.807) is 6.92 Å². The van der Waals surface area contributed by atoms with Gasteiger partial charge in [-0.3, -0.25) is 14.4 Å². The largest absolute Gasteiger partial charge is 0.460 e. The predicted molar refractivity (Wildman–Crippen MR) is 152 cm³/mol. The van der Waals surface area contributed by atoms with Crippen molar-refractivity contribution in [3.8, 4) is 0 Å². The van der Waals surface area contributed by atoms with Crippen molar-refractivity contribution in [2.45, 2.75) is 97.4 Å². The molecule has 0 aliphatic carbocycles. The van der Waals surface area contributed by atoms with Gasteiger partial charge in [0.25, 0.3) is 0 Å². The van der Waals surface area contributed by atoms with Gasteiger partial charge in [-0.05, 0) is 41.5 Å². The van der Waals surface area contributed by atoms with Gasteiger partial charge < -0.3 is 20.7 Å². The van der Waals surface area contributed by atoms with Crippen molar-refractivity contribution in [1.82, 2.24) is 16.0 Å². The van der Waals surface area contributed by atoms with Gasteiger partial charge in [0.1, 0.15) is 24.2 Å². The number of unbranched alkanes of at least 4 members (excludes halogenated alkanes) is 1. The van der Waals surface area contributed by atoms with Gasteiger partial charge in [-0.1, -0.05) is 89.4 Å². The van der Waals surface area contributed by atoms with Crippen molar-refractivity contribution < 1.29 is 23.9 Å². The second-order valence-electron chi connectivity index (χ2n) is 10.9. The average molecular weight is 538 g/mol. The summed E-state index contributed by atoms with van der Waals surface area (Å²) in [4.78, 5) is 53.0. The Morgan fingerprint density at radius 1 is 0.897 bits per heavy atom. The highest BCUT2D eigenvalue weighted by Gasteiger charge is 2.35. The molecule has 39 heavy (non-hydrogen) atoms. The highest BCUT2D eigenvalue weighted by atomic mass is 16.5. The first-order valence-electron chi connectivity index (χ1n) is 14.2. The topological polar surface area (TPSA) is 114 Å². The number of benzene rings is 2. The average Bonchev–Trinajstić information content (AvgIpc) is 2.92. The summed E-state index contributed by atoms with van der Waals surface area (Å²) in [6.07, 6.45) is 2.87. The molecule has 0 unspecified atom stereocenters. The number of nitrogens with one attached hydrogen (secondary N) is 3. The number of hydrogen-bond acceptors (Lipinski definition) is 5. The summed E-state index contributed by atoms with van der Waals surface area (Å²) in [5.41, 5.74) is 0.881. The summed E-state index contributed by atoms with van der Waals surface area (Å²) in [5, 5.41) is 10.5. The Hall–Kier alpha value is -3.42. The zero-order valence-electron chi connectivity index (χ0n) is 23.8. The predicted octanol–water partition coefficient (Wildman–Crippen LogP) is 4.04. The number of cyclic esters (lactones) is 1. The Balaban J connectivity index is 1.92. The van der Waals surface area contributed by atoms with E-state index in [4.69, 9.17) is 4.74 Å². The number of amides is 3. The third-order valence-corrected chi connectivity index (χ3v) is 7.72. The first kappa shape index (κ1) is 30.1. The molecule has 0 aromatic heterocycles. The van der Waals surface area contributed by atoms with Crippen LogP contribution in [0.4, 0.5) is 0 Å². The van der Waals surface area contributed by atoms with Gasteiger partial charge in [-0.25, -0.2) is 4.79 Å². The van der Waals surface area contributed by atoms with Gasteiger partial charge in [-0.15, -0.1) is 0 Å². The van der Waals surface area contributed by atoms with Crippen LogP contribution < -0.4 is 16.0 Å². The molecule has 6 atom stereocenters. The van der Waals surface area contributed by atoms with Crippen LogP contribution in [-0.4, -0.2) is 47.9 Å². The Bertz CT molecular complexity index is 1170. The molecule has 1 aliphatic heterocycles. The van der Waals surface area contributed by atoms with E-state index >= 15 is 0 Å². The number of rotatable bonds is 8. The number of esters is 1. The van der Waals surface area contributed by atoms with Crippen LogP contribution in [-0.2, 0) is 30.3 Å². The van der Waals surface area contributed by atoms with E-state index in [0.717, 1.165) is 35.6 Å². The van der Waals surface area contributed by atoms with Crippen LogP contribution in [0, 0.1) is 11.8 Å². The molecule has 1 saturated heterocycles. The minimum Gasteiger partial charge on any atom is -0.460 e. The lowest BCUT2D eigenvalue weighted by molar-refractivity contribution is -0.158. The molecule has 1 fully saturated rings. The van der Waals surface area contributed by atoms with Crippen molar-refractivity contribution in [3.05, 3.63) is 48.0 Å². The third kappa shape index (κ3) is 8.28. The van der Waals surface area contributed by atoms with Crippen molar-refractivity contribution in [3.63, 3.8) is 0 Å². The van der Waals surface area contributed by atoms with E-state index in [-0.39, 0.29) is 30.6 Å². The highest BCUT2D eigenvalue weighted by molar-refractivity contribution is 5.94.